The van der Waals surface area contributed by atoms with Crippen molar-refractivity contribution in [2.45, 2.75) is 29.8 Å². The Kier molecular flexibility index (Phi) is 13.4. The zero-order valence-electron chi connectivity index (χ0n) is 29.3. The van der Waals surface area contributed by atoms with Gasteiger partial charge in [0.2, 0.25) is 0 Å². The number of hydrogen-bond acceptors (Lipinski definition) is 4. The fraction of sp³-hybridized carbons (Fsp3) is 0.102. The third kappa shape index (κ3) is 9.20. The lowest BCUT2D eigenvalue weighted by atomic mass is 9.87. The van der Waals surface area contributed by atoms with E-state index in [0.717, 1.165) is 33.4 Å². The molecular formula is C49H40O4. The number of fused-ring (bicyclic) bond motifs is 3. The Balaban J connectivity index is 0.000000161. The first kappa shape index (κ1) is 39.2. The van der Waals surface area contributed by atoms with Gasteiger partial charge in [-0.05, 0) is 29.2 Å². The van der Waals surface area contributed by atoms with Crippen LogP contribution in [-0.2, 0) is 16.8 Å². The van der Waals surface area contributed by atoms with E-state index in [9.17, 15) is 15.3 Å². The molecule has 0 spiro atoms. The van der Waals surface area contributed by atoms with Crippen LogP contribution < -0.4 is 0 Å². The molecule has 4 heteroatoms. The Morgan fingerprint density at radius 3 is 1.23 bits per heavy atom. The van der Waals surface area contributed by atoms with Gasteiger partial charge in [0.15, 0.2) is 11.2 Å². The van der Waals surface area contributed by atoms with Gasteiger partial charge in [-0.2, -0.15) is 0 Å². The van der Waals surface area contributed by atoms with E-state index >= 15 is 0 Å². The maximum atomic E-state index is 10.6. The lowest BCUT2D eigenvalue weighted by Crippen LogP contribution is -2.24. The molecule has 0 amide bonds. The predicted molar refractivity (Wildman–Crippen MR) is 214 cm³/mol. The normalized spacial score (nSPS) is 13.2. The number of terminal acetylenes is 4. The van der Waals surface area contributed by atoms with E-state index in [4.69, 9.17) is 30.8 Å². The highest BCUT2D eigenvalue weighted by Crippen LogP contribution is 2.46. The first-order valence-electron chi connectivity index (χ1n) is 16.7. The Morgan fingerprint density at radius 1 is 0.509 bits per heavy atom. The number of aliphatic hydroxyl groups is 4. The number of rotatable bonds is 4. The molecule has 0 bridgehead atoms. The van der Waals surface area contributed by atoms with E-state index in [1.807, 2.05) is 146 Å². The fourth-order valence-electron chi connectivity index (χ4n) is 5.64. The van der Waals surface area contributed by atoms with E-state index in [0.29, 0.717) is 11.1 Å². The van der Waals surface area contributed by atoms with Crippen molar-refractivity contribution in [3.63, 3.8) is 0 Å². The van der Waals surface area contributed by atoms with Crippen LogP contribution >= 0.6 is 0 Å². The van der Waals surface area contributed by atoms with Crippen LogP contribution in [0.4, 0.5) is 0 Å². The Morgan fingerprint density at radius 2 is 0.868 bits per heavy atom. The van der Waals surface area contributed by atoms with Gasteiger partial charge in [-0.3, -0.25) is 0 Å². The molecule has 2 atom stereocenters. The van der Waals surface area contributed by atoms with Gasteiger partial charge in [-0.15, -0.1) is 25.7 Å². The number of benzene rings is 6. The van der Waals surface area contributed by atoms with Gasteiger partial charge >= 0.3 is 0 Å². The largest absolute Gasteiger partial charge is 0.376 e. The molecule has 6 aromatic carbocycles. The van der Waals surface area contributed by atoms with Crippen LogP contribution in [0.1, 0.15) is 46.4 Å². The monoisotopic (exact) mass is 692 g/mol. The van der Waals surface area contributed by atoms with Gasteiger partial charge in [0.1, 0.15) is 11.7 Å². The fourth-order valence-corrected chi connectivity index (χ4v) is 5.64. The molecule has 4 N–H and O–H groups in total. The minimum absolute atomic E-state index is 0.712. The topological polar surface area (TPSA) is 80.9 Å². The molecule has 0 aliphatic heterocycles. The van der Waals surface area contributed by atoms with Gasteiger partial charge in [0.05, 0.1) is 0 Å². The summed E-state index contributed by atoms with van der Waals surface area (Å²) in [6.07, 6.45) is 20.3. The second-order valence-electron chi connectivity index (χ2n) is 12.1. The van der Waals surface area contributed by atoms with Crippen LogP contribution in [-0.4, -0.2) is 20.4 Å². The van der Waals surface area contributed by atoms with Crippen LogP contribution in [0, 0.1) is 49.4 Å². The number of aliphatic hydroxyl groups excluding tert-OH is 1. The highest BCUT2D eigenvalue weighted by atomic mass is 16.3. The highest BCUT2D eigenvalue weighted by molar-refractivity contribution is 5.81. The van der Waals surface area contributed by atoms with E-state index < -0.39 is 22.9 Å². The lowest BCUT2D eigenvalue weighted by molar-refractivity contribution is 0.122. The summed E-state index contributed by atoms with van der Waals surface area (Å²) < 4.78 is 0. The SMILES string of the molecule is C#CC(C)(O)c1ccccc1.C#CC(O)(c1ccccc1)c1ccccc1.C#CC(O)c1ccccc1.C#CC1(O)c2ccccc2-c2ccccc21. The van der Waals surface area contributed by atoms with E-state index in [1.54, 1.807) is 31.2 Å². The molecule has 0 fully saturated rings. The quantitative estimate of drug-likeness (QED) is 0.141. The summed E-state index contributed by atoms with van der Waals surface area (Å²) in [6.45, 7) is 1.60. The van der Waals surface area contributed by atoms with Crippen LogP contribution in [0.3, 0.4) is 0 Å². The molecule has 53 heavy (non-hydrogen) atoms. The molecule has 1 aliphatic carbocycles. The van der Waals surface area contributed by atoms with Crippen molar-refractivity contribution in [1.29, 1.82) is 0 Å². The summed E-state index contributed by atoms with van der Waals surface area (Å²) in [7, 11) is 0. The van der Waals surface area contributed by atoms with Crippen molar-refractivity contribution < 1.29 is 20.4 Å². The average Bonchev–Trinajstić information content (AvgIpc) is 3.50. The molecule has 2 unspecified atom stereocenters. The van der Waals surface area contributed by atoms with E-state index in [-0.39, 0.29) is 0 Å². The third-order valence-electron chi connectivity index (χ3n) is 8.61. The Bertz CT molecular complexity index is 2130. The van der Waals surface area contributed by atoms with Crippen LogP contribution in [0.2, 0.25) is 0 Å². The van der Waals surface area contributed by atoms with Crippen molar-refractivity contribution in [3.8, 4) is 60.5 Å². The second kappa shape index (κ2) is 18.1. The highest BCUT2D eigenvalue weighted by Gasteiger charge is 2.39. The van der Waals surface area contributed by atoms with Crippen LogP contribution in [0.5, 0.6) is 0 Å². The Labute approximate surface area is 313 Å². The maximum absolute atomic E-state index is 10.6. The average molecular weight is 693 g/mol. The second-order valence-corrected chi connectivity index (χ2v) is 12.1. The molecule has 260 valence electrons. The number of hydrogen-bond donors (Lipinski definition) is 4. The third-order valence-corrected chi connectivity index (χ3v) is 8.61. The molecule has 0 saturated carbocycles. The van der Waals surface area contributed by atoms with Crippen LogP contribution in [0.15, 0.2) is 170 Å². The molecule has 4 nitrogen and oxygen atoms in total. The summed E-state index contributed by atoms with van der Waals surface area (Å²) in [5, 5.41) is 39.7. The summed E-state index contributed by atoms with van der Waals surface area (Å²) in [4.78, 5) is 0. The van der Waals surface area contributed by atoms with Crippen molar-refractivity contribution in [2.75, 3.05) is 0 Å². The standard InChI is InChI=1S/C15H10O.C15H12O.C10H10O.C9H8O/c1-2-15(16)13-9-5-3-7-11(13)12-8-4-6-10-14(12)15;1-2-15(16,13-9-5-3-6-10-13)14-11-7-4-8-12-14;1-3-10(2,11)9-7-5-4-6-8-9;1-2-9(10)8-6-4-3-5-7-8/h1,3-10,16H;1,3-12,16H;1,4-8,11H,2H3;1,3-7,9-10H. The van der Waals surface area contributed by atoms with E-state index in [1.165, 1.54) is 0 Å². The van der Waals surface area contributed by atoms with Gasteiger partial charge < -0.3 is 20.4 Å². The summed E-state index contributed by atoms with van der Waals surface area (Å²) in [5.74, 6) is 9.52. The molecule has 0 radical (unpaired) electrons. The minimum atomic E-state index is -1.34. The molecule has 0 saturated heterocycles. The van der Waals surface area contributed by atoms with Gasteiger partial charge in [-0.1, -0.05) is 194 Å². The van der Waals surface area contributed by atoms with Crippen molar-refractivity contribution in [3.05, 3.63) is 203 Å². The molecule has 6 aromatic rings. The van der Waals surface area contributed by atoms with Gasteiger partial charge in [0.25, 0.3) is 0 Å². The summed E-state index contributed by atoms with van der Waals surface area (Å²) in [5.41, 5.74) is 2.85. The smallest absolute Gasteiger partial charge is 0.177 e. The molecular weight excluding hydrogens is 653 g/mol. The Hall–Kier alpha value is -6.60. The minimum Gasteiger partial charge on any atom is -0.376 e. The van der Waals surface area contributed by atoms with Gasteiger partial charge in [-0.25, -0.2) is 0 Å². The zero-order valence-corrected chi connectivity index (χ0v) is 29.3. The lowest BCUT2D eigenvalue weighted by Gasteiger charge is -2.23. The molecule has 1 aliphatic rings. The van der Waals surface area contributed by atoms with Crippen molar-refractivity contribution in [1.82, 2.24) is 0 Å². The van der Waals surface area contributed by atoms with Crippen molar-refractivity contribution >= 4 is 0 Å². The van der Waals surface area contributed by atoms with E-state index in [2.05, 4.69) is 23.7 Å². The first-order chi connectivity index (χ1) is 25.6. The zero-order chi connectivity index (χ0) is 38.3. The summed E-state index contributed by atoms with van der Waals surface area (Å²) in [6, 6.07) is 52.3. The maximum Gasteiger partial charge on any atom is 0.177 e. The van der Waals surface area contributed by atoms with Crippen molar-refractivity contribution in [2.24, 2.45) is 0 Å². The molecule has 7 rings (SSSR count). The van der Waals surface area contributed by atoms with Gasteiger partial charge in [0, 0.05) is 22.3 Å². The predicted octanol–water partition coefficient (Wildman–Crippen LogP) is 7.97. The molecule has 0 heterocycles. The van der Waals surface area contributed by atoms with Crippen LogP contribution in [0.25, 0.3) is 11.1 Å². The molecule has 0 aromatic heterocycles. The summed E-state index contributed by atoms with van der Waals surface area (Å²) >= 11 is 0. The first-order valence-corrected chi connectivity index (χ1v) is 16.7.